The van der Waals surface area contributed by atoms with Gasteiger partial charge in [-0.3, -0.25) is 14.4 Å². The van der Waals surface area contributed by atoms with Crippen LogP contribution >= 0.6 is 0 Å². The van der Waals surface area contributed by atoms with Crippen molar-refractivity contribution in [2.75, 3.05) is 0 Å². The number of hydrogen-bond acceptors (Lipinski definition) is 3. The molecule has 3 nitrogen and oxygen atoms in total. The van der Waals surface area contributed by atoms with Gasteiger partial charge < -0.3 is 0 Å². The molecule has 3 heteroatoms. The third kappa shape index (κ3) is 1.71. The van der Waals surface area contributed by atoms with Crippen LogP contribution in [0.3, 0.4) is 0 Å². The molecule has 0 aromatic carbocycles. The van der Waals surface area contributed by atoms with Crippen molar-refractivity contribution in [3.63, 3.8) is 0 Å². The monoisotopic (exact) mass is 302 g/mol. The van der Waals surface area contributed by atoms with Crippen molar-refractivity contribution in [2.24, 2.45) is 34.5 Å². The molecule has 120 valence electrons. The average molecular weight is 302 g/mol. The molecule has 0 aromatic heterocycles. The molecule has 0 amide bonds. The Morgan fingerprint density at radius 2 is 1.68 bits per heavy atom. The zero-order chi connectivity index (χ0) is 15.7. The van der Waals surface area contributed by atoms with Crippen LogP contribution in [0.2, 0.25) is 0 Å². The zero-order valence-electron chi connectivity index (χ0n) is 13.7. The van der Waals surface area contributed by atoms with Crippen LogP contribution in [-0.2, 0) is 14.4 Å². The molecule has 4 fully saturated rings. The van der Waals surface area contributed by atoms with Crippen LogP contribution in [0.4, 0.5) is 0 Å². The molecular weight excluding hydrogens is 276 g/mol. The maximum absolute atomic E-state index is 12.8. The summed E-state index contributed by atoms with van der Waals surface area (Å²) in [6, 6.07) is 0. The second-order valence-corrected chi connectivity index (χ2v) is 8.77. The first-order chi connectivity index (χ1) is 10.4. The van der Waals surface area contributed by atoms with Crippen molar-refractivity contribution in [1.82, 2.24) is 0 Å². The van der Waals surface area contributed by atoms with E-state index in [1.165, 1.54) is 0 Å². The molecule has 22 heavy (non-hydrogen) atoms. The minimum absolute atomic E-state index is 0.000871. The minimum atomic E-state index is -0.171. The van der Waals surface area contributed by atoms with Crippen LogP contribution < -0.4 is 0 Å². The Kier molecular flexibility index (Phi) is 3.00. The fourth-order valence-corrected chi connectivity index (χ4v) is 6.61. The van der Waals surface area contributed by atoms with Crippen molar-refractivity contribution >= 4 is 17.3 Å². The Morgan fingerprint density at radius 1 is 0.909 bits per heavy atom. The molecule has 0 saturated heterocycles. The molecule has 0 N–H and O–H groups in total. The van der Waals surface area contributed by atoms with Crippen molar-refractivity contribution in [1.29, 1.82) is 0 Å². The minimum Gasteiger partial charge on any atom is -0.300 e. The van der Waals surface area contributed by atoms with E-state index in [0.29, 0.717) is 55.0 Å². The first-order valence-corrected chi connectivity index (χ1v) is 8.94. The van der Waals surface area contributed by atoms with Gasteiger partial charge in [-0.25, -0.2) is 0 Å². The SMILES string of the molecule is C[C@]12CCC(=O)C[C@@H]1C(=O)C[C@H]1[C@H]2CC[C@]2(C)C(=O)CC[C@@H]12. The molecule has 0 aromatic rings. The van der Waals surface area contributed by atoms with E-state index >= 15 is 0 Å². The summed E-state index contributed by atoms with van der Waals surface area (Å²) >= 11 is 0. The predicted molar refractivity (Wildman–Crippen MR) is 82.1 cm³/mol. The summed E-state index contributed by atoms with van der Waals surface area (Å²) in [4.78, 5) is 37.0. The van der Waals surface area contributed by atoms with Gasteiger partial charge >= 0.3 is 0 Å². The molecule has 0 unspecified atom stereocenters. The van der Waals surface area contributed by atoms with E-state index in [-0.39, 0.29) is 22.5 Å². The highest BCUT2D eigenvalue weighted by Gasteiger charge is 2.62. The Balaban J connectivity index is 1.71. The van der Waals surface area contributed by atoms with Crippen LogP contribution in [0.25, 0.3) is 0 Å². The number of carbonyl (C=O) groups is 3. The summed E-state index contributed by atoms with van der Waals surface area (Å²) in [6.07, 6.45) is 6.34. The summed E-state index contributed by atoms with van der Waals surface area (Å²) in [6.45, 7) is 4.41. The van der Waals surface area contributed by atoms with Gasteiger partial charge in [-0.05, 0) is 48.9 Å². The molecular formula is C19H26O3. The lowest BCUT2D eigenvalue weighted by Crippen LogP contribution is -2.56. The van der Waals surface area contributed by atoms with Crippen LogP contribution in [0.15, 0.2) is 0 Å². The highest BCUT2D eigenvalue weighted by Crippen LogP contribution is 2.64. The molecule has 4 aliphatic rings. The standard InChI is InChI=1S/C19H26O3/c1-18-7-5-11(20)9-15(18)16(21)10-12-13-3-4-17(22)19(13,2)8-6-14(12)18/h12-15H,3-10H2,1-2H3/t12-,13+,14-,15-,18-,19+/m1/s1. The molecule has 0 bridgehead atoms. The second-order valence-electron chi connectivity index (χ2n) is 8.77. The third-order valence-electron chi connectivity index (χ3n) is 7.99. The highest BCUT2D eigenvalue weighted by molar-refractivity contribution is 5.91. The molecule has 0 spiro atoms. The molecule has 0 aliphatic heterocycles. The summed E-state index contributed by atoms with van der Waals surface area (Å²) < 4.78 is 0. The average Bonchev–Trinajstić information content (AvgIpc) is 2.77. The smallest absolute Gasteiger partial charge is 0.139 e. The van der Waals surface area contributed by atoms with Crippen molar-refractivity contribution in [2.45, 2.75) is 65.2 Å². The fourth-order valence-electron chi connectivity index (χ4n) is 6.61. The largest absolute Gasteiger partial charge is 0.300 e. The van der Waals surface area contributed by atoms with Gasteiger partial charge in [0.2, 0.25) is 0 Å². The van der Waals surface area contributed by atoms with Gasteiger partial charge in [0.05, 0.1) is 0 Å². The van der Waals surface area contributed by atoms with Crippen LogP contribution in [0.5, 0.6) is 0 Å². The van der Waals surface area contributed by atoms with E-state index in [4.69, 9.17) is 0 Å². The summed E-state index contributed by atoms with van der Waals surface area (Å²) in [5.74, 6) is 2.27. The predicted octanol–water partition coefficient (Wildman–Crippen LogP) is 3.35. The van der Waals surface area contributed by atoms with E-state index < -0.39 is 0 Å². The van der Waals surface area contributed by atoms with Crippen molar-refractivity contribution in [3.05, 3.63) is 0 Å². The topological polar surface area (TPSA) is 51.2 Å². The molecule has 4 aliphatic carbocycles. The molecule has 4 saturated carbocycles. The lowest BCUT2D eigenvalue weighted by atomic mass is 9.45. The van der Waals surface area contributed by atoms with Gasteiger partial charge in [0.25, 0.3) is 0 Å². The van der Waals surface area contributed by atoms with Crippen LogP contribution in [-0.4, -0.2) is 17.3 Å². The number of ketones is 3. The van der Waals surface area contributed by atoms with Gasteiger partial charge in [0.1, 0.15) is 17.3 Å². The Morgan fingerprint density at radius 3 is 2.45 bits per heavy atom. The normalized spacial score (nSPS) is 51.3. The number of carbonyl (C=O) groups excluding carboxylic acids is 3. The van der Waals surface area contributed by atoms with Gasteiger partial charge in [-0.15, -0.1) is 0 Å². The lowest BCUT2D eigenvalue weighted by molar-refractivity contribution is -0.159. The first kappa shape index (κ1) is 14.6. The van der Waals surface area contributed by atoms with E-state index in [2.05, 4.69) is 13.8 Å². The van der Waals surface area contributed by atoms with Gasteiger partial charge in [-0.1, -0.05) is 13.8 Å². The molecule has 0 radical (unpaired) electrons. The summed E-state index contributed by atoms with van der Waals surface area (Å²) in [5.41, 5.74) is -0.171. The van der Waals surface area contributed by atoms with E-state index in [1.807, 2.05) is 0 Å². The van der Waals surface area contributed by atoms with Gasteiger partial charge in [0, 0.05) is 37.0 Å². The Hall–Kier alpha value is -0.990. The van der Waals surface area contributed by atoms with Gasteiger partial charge in [-0.2, -0.15) is 0 Å². The second kappa shape index (κ2) is 4.52. The zero-order valence-corrected chi connectivity index (χ0v) is 13.7. The van der Waals surface area contributed by atoms with E-state index in [0.717, 1.165) is 25.7 Å². The maximum Gasteiger partial charge on any atom is 0.139 e. The van der Waals surface area contributed by atoms with E-state index in [1.54, 1.807) is 0 Å². The molecule has 0 heterocycles. The van der Waals surface area contributed by atoms with Gasteiger partial charge in [0.15, 0.2) is 0 Å². The quantitative estimate of drug-likeness (QED) is 0.689. The van der Waals surface area contributed by atoms with Crippen molar-refractivity contribution < 1.29 is 14.4 Å². The third-order valence-corrected chi connectivity index (χ3v) is 7.99. The lowest BCUT2D eigenvalue weighted by Gasteiger charge is -2.58. The molecule has 4 rings (SSSR count). The summed E-state index contributed by atoms with van der Waals surface area (Å²) in [5, 5.41) is 0. The number of fused-ring (bicyclic) bond motifs is 5. The Labute approximate surface area is 132 Å². The van der Waals surface area contributed by atoms with Crippen LogP contribution in [0.1, 0.15) is 65.2 Å². The highest BCUT2D eigenvalue weighted by atomic mass is 16.1. The molecule has 6 atom stereocenters. The summed E-state index contributed by atoms with van der Waals surface area (Å²) in [7, 11) is 0. The van der Waals surface area contributed by atoms with Crippen LogP contribution in [0, 0.1) is 34.5 Å². The Bertz CT molecular complexity index is 565. The first-order valence-electron chi connectivity index (χ1n) is 8.94. The number of rotatable bonds is 0. The maximum atomic E-state index is 12.8. The number of Topliss-reactive ketones (excluding diaryl/α,β-unsaturated/α-hetero) is 3. The van der Waals surface area contributed by atoms with E-state index in [9.17, 15) is 14.4 Å². The van der Waals surface area contributed by atoms with Crippen molar-refractivity contribution in [3.8, 4) is 0 Å². The fraction of sp³-hybridized carbons (Fsp3) is 0.842. The number of hydrogen-bond donors (Lipinski definition) is 0.